The minimum atomic E-state index is -0.162. The van der Waals surface area contributed by atoms with Crippen molar-refractivity contribution in [2.24, 2.45) is 0 Å². The van der Waals surface area contributed by atoms with Crippen LogP contribution in [0.25, 0.3) is 0 Å². The van der Waals surface area contributed by atoms with Crippen molar-refractivity contribution in [3.05, 3.63) is 95.3 Å². The van der Waals surface area contributed by atoms with Gasteiger partial charge in [0.05, 0.1) is 36.4 Å². The number of rotatable bonds is 12. The van der Waals surface area contributed by atoms with E-state index in [0.29, 0.717) is 11.6 Å². The molecule has 2 amide bonds. The first kappa shape index (κ1) is 32.5. The monoisotopic (exact) mass is 622 g/mol. The minimum Gasteiger partial charge on any atom is -0.491 e. The van der Waals surface area contributed by atoms with Gasteiger partial charge in [-0.2, -0.15) is 10.2 Å². The molecule has 2 heterocycles. The lowest BCUT2D eigenvalue weighted by atomic mass is 9.78. The van der Waals surface area contributed by atoms with E-state index >= 15 is 0 Å². The van der Waals surface area contributed by atoms with Crippen molar-refractivity contribution in [1.29, 1.82) is 0 Å². The average molecular weight is 623 g/mol. The summed E-state index contributed by atoms with van der Waals surface area (Å²) >= 11 is 0. The molecule has 1 fully saturated rings. The smallest absolute Gasteiger partial charge is 0.229 e. The highest BCUT2D eigenvalue weighted by Crippen LogP contribution is 2.40. The molecule has 1 aliphatic rings. The first-order valence-electron chi connectivity index (χ1n) is 16.0. The van der Waals surface area contributed by atoms with Gasteiger partial charge in [-0.15, -0.1) is 10.2 Å². The number of hydrogen-bond acceptors (Lipinski definition) is 8. The molecule has 0 unspecified atom stereocenters. The first-order chi connectivity index (χ1) is 22.2. The van der Waals surface area contributed by atoms with Gasteiger partial charge in [0.1, 0.15) is 11.5 Å². The zero-order chi connectivity index (χ0) is 32.5. The summed E-state index contributed by atoms with van der Waals surface area (Å²) in [6, 6.07) is 22.6. The Balaban J connectivity index is 1.12. The van der Waals surface area contributed by atoms with E-state index in [1.807, 2.05) is 100 Å². The van der Waals surface area contributed by atoms with Crippen LogP contribution in [0, 0.1) is 0 Å². The molecular weight excluding hydrogens is 580 g/mol. The van der Waals surface area contributed by atoms with E-state index in [9.17, 15) is 9.59 Å². The van der Waals surface area contributed by atoms with Crippen molar-refractivity contribution >= 4 is 23.5 Å². The molecule has 46 heavy (non-hydrogen) atoms. The molecule has 2 atom stereocenters. The van der Waals surface area contributed by atoms with E-state index in [-0.39, 0.29) is 48.7 Å². The third-order valence-corrected chi connectivity index (χ3v) is 7.69. The lowest BCUT2D eigenvalue weighted by Crippen LogP contribution is -2.18. The van der Waals surface area contributed by atoms with Crippen LogP contribution in [0.15, 0.2) is 72.8 Å². The molecule has 0 aliphatic heterocycles. The largest absolute Gasteiger partial charge is 0.491 e. The molecule has 240 valence electrons. The molecule has 4 aromatic rings. The first-order valence-corrected chi connectivity index (χ1v) is 16.0. The van der Waals surface area contributed by atoms with E-state index in [2.05, 4.69) is 31.0 Å². The topological polar surface area (TPSA) is 128 Å². The molecule has 1 saturated carbocycles. The Bertz CT molecular complexity index is 1490. The number of benzene rings is 2. The molecule has 0 spiro atoms. The molecule has 5 rings (SSSR count). The van der Waals surface area contributed by atoms with Crippen LogP contribution in [0.2, 0.25) is 0 Å². The van der Waals surface area contributed by atoms with E-state index < -0.39 is 0 Å². The fourth-order valence-corrected chi connectivity index (χ4v) is 5.73. The van der Waals surface area contributed by atoms with Crippen LogP contribution in [0.5, 0.6) is 11.5 Å². The lowest BCUT2D eigenvalue weighted by molar-refractivity contribution is -0.116. The Kier molecular flexibility index (Phi) is 10.9. The Morgan fingerprint density at radius 1 is 0.674 bits per heavy atom. The molecule has 10 nitrogen and oxygen atoms in total. The van der Waals surface area contributed by atoms with Gasteiger partial charge in [-0.3, -0.25) is 9.59 Å². The van der Waals surface area contributed by atoms with Crippen molar-refractivity contribution in [1.82, 2.24) is 20.4 Å². The summed E-state index contributed by atoms with van der Waals surface area (Å²) in [6.07, 6.45) is 4.50. The van der Waals surface area contributed by atoms with E-state index in [4.69, 9.17) is 9.47 Å². The van der Waals surface area contributed by atoms with Gasteiger partial charge < -0.3 is 20.1 Å². The highest BCUT2D eigenvalue weighted by molar-refractivity contribution is 5.91. The van der Waals surface area contributed by atoms with E-state index in [0.717, 1.165) is 59.7 Å². The molecule has 0 saturated heterocycles. The van der Waals surface area contributed by atoms with Gasteiger partial charge in [0, 0.05) is 11.8 Å². The zero-order valence-corrected chi connectivity index (χ0v) is 26.9. The molecule has 10 heteroatoms. The van der Waals surface area contributed by atoms with Crippen molar-refractivity contribution in [2.45, 2.75) is 90.3 Å². The number of amides is 2. The Labute approximate surface area is 270 Å². The van der Waals surface area contributed by atoms with Gasteiger partial charge in [-0.25, -0.2) is 0 Å². The van der Waals surface area contributed by atoms with E-state index in [1.165, 1.54) is 0 Å². The lowest BCUT2D eigenvalue weighted by Gasteiger charge is -2.28. The van der Waals surface area contributed by atoms with E-state index in [1.54, 1.807) is 0 Å². The summed E-state index contributed by atoms with van der Waals surface area (Å²) in [5.41, 5.74) is 3.54. The van der Waals surface area contributed by atoms with Gasteiger partial charge in [0.15, 0.2) is 11.6 Å². The summed E-state index contributed by atoms with van der Waals surface area (Å²) in [5, 5.41) is 23.2. The van der Waals surface area contributed by atoms with Crippen LogP contribution in [-0.2, 0) is 22.4 Å². The second kappa shape index (κ2) is 15.4. The normalized spacial score (nSPS) is 16.2. The third kappa shape index (κ3) is 9.57. The van der Waals surface area contributed by atoms with Gasteiger partial charge in [0.2, 0.25) is 11.8 Å². The predicted molar refractivity (Wildman–Crippen MR) is 177 cm³/mol. The number of aromatic nitrogens is 4. The summed E-state index contributed by atoms with van der Waals surface area (Å²) < 4.78 is 11.5. The van der Waals surface area contributed by atoms with Gasteiger partial charge in [-0.05, 0) is 107 Å². The fourth-order valence-electron chi connectivity index (χ4n) is 5.73. The van der Waals surface area contributed by atoms with Gasteiger partial charge >= 0.3 is 0 Å². The summed E-state index contributed by atoms with van der Waals surface area (Å²) in [7, 11) is 0. The van der Waals surface area contributed by atoms with Crippen LogP contribution < -0.4 is 20.1 Å². The third-order valence-electron chi connectivity index (χ3n) is 7.69. The van der Waals surface area contributed by atoms with Crippen molar-refractivity contribution in [3.8, 4) is 11.5 Å². The maximum absolute atomic E-state index is 12.7. The highest BCUT2D eigenvalue weighted by atomic mass is 16.5. The van der Waals surface area contributed by atoms with Crippen molar-refractivity contribution in [2.75, 3.05) is 10.6 Å². The number of nitrogens with one attached hydrogen (secondary N) is 2. The molecule has 2 aromatic heterocycles. The zero-order valence-electron chi connectivity index (χ0n) is 26.9. The number of ether oxygens (including phenoxy) is 2. The van der Waals surface area contributed by atoms with Gasteiger partial charge in [-0.1, -0.05) is 30.7 Å². The number of carbonyl (C=O) groups excluding carboxylic acids is 2. The molecule has 2 aromatic carbocycles. The SMILES string of the molecule is CC(C)Oc1cccc(CC(=O)Nc2ccc([C@H]3CCC[C@H](c4ccc(NC(=O)Cc5cccc(OC(C)C)c5)nn4)C3)nn2)c1. The molecule has 1 aliphatic carbocycles. The maximum Gasteiger partial charge on any atom is 0.229 e. The fraction of sp³-hybridized carbons (Fsp3) is 0.389. The van der Waals surface area contributed by atoms with Crippen LogP contribution in [0.1, 0.15) is 87.7 Å². The standard InChI is InChI=1S/C36H42N6O4/c1-23(2)45-29-12-5-8-25(18-29)20-35(43)37-33-16-14-31(39-41-33)27-10-7-11-28(22-27)32-15-17-34(42-40-32)38-36(44)21-26-9-6-13-30(19-26)46-24(3)4/h5-6,8-9,12-19,23-24,27-28H,7,10-11,20-22H2,1-4H3,(H,37,41,43)(H,38,42,44)/t27-,28-/m0/s1. The average Bonchev–Trinajstić information content (AvgIpc) is 3.01. The second-order valence-electron chi connectivity index (χ2n) is 12.3. The highest BCUT2D eigenvalue weighted by Gasteiger charge is 2.27. The van der Waals surface area contributed by atoms with Crippen molar-refractivity contribution < 1.29 is 19.1 Å². The molecule has 0 bridgehead atoms. The Morgan fingerprint density at radius 3 is 1.52 bits per heavy atom. The molecular formula is C36H42N6O4. The number of carbonyl (C=O) groups is 2. The van der Waals surface area contributed by atoms with Crippen LogP contribution in [-0.4, -0.2) is 44.4 Å². The molecule has 0 radical (unpaired) electrons. The summed E-state index contributed by atoms with van der Waals surface area (Å²) in [4.78, 5) is 25.3. The second-order valence-corrected chi connectivity index (χ2v) is 12.3. The molecule has 2 N–H and O–H groups in total. The van der Waals surface area contributed by atoms with Crippen molar-refractivity contribution in [3.63, 3.8) is 0 Å². The van der Waals surface area contributed by atoms with Crippen LogP contribution >= 0.6 is 0 Å². The van der Waals surface area contributed by atoms with Gasteiger partial charge in [0.25, 0.3) is 0 Å². The quantitative estimate of drug-likeness (QED) is 0.180. The number of hydrogen-bond donors (Lipinski definition) is 2. The number of anilines is 2. The summed E-state index contributed by atoms with van der Waals surface area (Å²) in [6.45, 7) is 7.88. The van der Waals surface area contributed by atoms with Crippen LogP contribution in [0.3, 0.4) is 0 Å². The number of nitrogens with zero attached hydrogens (tertiary/aromatic N) is 4. The minimum absolute atomic E-state index is 0.0654. The Hall–Kier alpha value is -4.86. The Morgan fingerprint density at radius 2 is 1.13 bits per heavy atom. The predicted octanol–water partition coefficient (Wildman–Crippen LogP) is 6.64. The maximum atomic E-state index is 12.7. The van der Waals surface area contributed by atoms with Crippen LogP contribution in [0.4, 0.5) is 11.6 Å². The summed E-state index contributed by atoms with van der Waals surface area (Å²) in [5.74, 6) is 2.48.